The first-order valence-corrected chi connectivity index (χ1v) is 10.2. The Morgan fingerprint density at radius 1 is 0.724 bits per heavy atom. The number of benzene rings is 2. The summed E-state index contributed by atoms with van der Waals surface area (Å²) in [5.74, 6) is 3.13. The van der Waals surface area contributed by atoms with Gasteiger partial charge in [0.05, 0.1) is 28.4 Å². The number of hydrogen-bond donors (Lipinski definition) is 0. The van der Waals surface area contributed by atoms with Gasteiger partial charge in [0, 0.05) is 46.0 Å². The molecule has 3 aromatic rings. The number of halogens is 1. The molecule has 3 rings (SSSR count). The molecule has 0 atom stereocenters. The molecule has 0 saturated carbocycles. The van der Waals surface area contributed by atoms with E-state index in [1.54, 1.807) is 28.4 Å². The molecule has 5 nitrogen and oxygen atoms in total. The van der Waals surface area contributed by atoms with Gasteiger partial charge in [-0.3, -0.25) is 4.98 Å². The molecule has 0 spiro atoms. The Hall–Kier alpha value is -2.48. The fourth-order valence-corrected chi connectivity index (χ4v) is 3.88. The zero-order chi connectivity index (χ0) is 20.8. The summed E-state index contributed by atoms with van der Waals surface area (Å²) in [5.41, 5.74) is 4.33. The van der Waals surface area contributed by atoms with Crippen LogP contribution in [-0.4, -0.2) is 33.4 Å². The third kappa shape index (κ3) is 4.93. The highest BCUT2D eigenvalue weighted by Crippen LogP contribution is 2.31. The normalized spacial score (nSPS) is 10.5. The van der Waals surface area contributed by atoms with Crippen molar-refractivity contribution in [3.63, 3.8) is 0 Å². The van der Waals surface area contributed by atoms with Crippen molar-refractivity contribution in [2.75, 3.05) is 28.4 Å². The maximum Gasteiger partial charge on any atom is 0.126 e. The van der Waals surface area contributed by atoms with Gasteiger partial charge in [-0.25, -0.2) is 0 Å². The van der Waals surface area contributed by atoms with Gasteiger partial charge < -0.3 is 18.9 Å². The summed E-state index contributed by atoms with van der Waals surface area (Å²) in [6, 6.07) is 13.8. The Morgan fingerprint density at radius 3 is 1.79 bits per heavy atom. The van der Waals surface area contributed by atoms with E-state index in [0.717, 1.165) is 43.4 Å². The molecule has 0 unspecified atom stereocenters. The topological polar surface area (TPSA) is 49.8 Å². The minimum atomic E-state index is 0.664. The van der Waals surface area contributed by atoms with Crippen molar-refractivity contribution in [1.82, 2.24) is 4.98 Å². The minimum absolute atomic E-state index is 0.664. The minimum Gasteiger partial charge on any atom is -0.497 e. The van der Waals surface area contributed by atoms with Crippen LogP contribution in [0, 0.1) is 3.57 Å². The van der Waals surface area contributed by atoms with E-state index in [9.17, 15) is 0 Å². The molecule has 0 aliphatic heterocycles. The quantitative estimate of drug-likeness (QED) is 0.408. The predicted molar refractivity (Wildman–Crippen MR) is 122 cm³/mol. The lowest BCUT2D eigenvalue weighted by Crippen LogP contribution is -2.05. The van der Waals surface area contributed by atoms with E-state index in [4.69, 9.17) is 18.9 Å². The van der Waals surface area contributed by atoms with Crippen molar-refractivity contribution in [1.29, 1.82) is 0 Å². The van der Waals surface area contributed by atoms with Crippen LogP contribution in [0.4, 0.5) is 0 Å². The number of ether oxygens (including phenoxy) is 4. The second-order valence-electron chi connectivity index (χ2n) is 6.43. The molecule has 0 aliphatic carbocycles. The molecule has 0 amide bonds. The molecule has 6 heteroatoms. The summed E-state index contributed by atoms with van der Waals surface area (Å²) in [5, 5.41) is 0. The van der Waals surface area contributed by atoms with Crippen molar-refractivity contribution in [3.05, 3.63) is 74.6 Å². The van der Waals surface area contributed by atoms with E-state index in [2.05, 4.69) is 27.6 Å². The summed E-state index contributed by atoms with van der Waals surface area (Å²) in [7, 11) is 6.65. The standard InChI is InChI=1S/C23H24INO4/c1-26-17-7-5-15(22(13-17)28-3)11-19-20(24)9-10-25-21(19)12-16-6-8-18(27-2)14-23(16)29-4/h5-10,13-14H,11-12H2,1-4H3. The van der Waals surface area contributed by atoms with Crippen LogP contribution >= 0.6 is 22.6 Å². The van der Waals surface area contributed by atoms with E-state index in [1.807, 2.05) is 48.7 Å². The van der Waals surface area contributed by atoms with Crippen molar-refractivity contribution in [2.24, 2.45) is 0 Å². The van der Waals surface area contributed by atoms with Crippen LogP contribution in [-0.2, 0) is 12.8 Å². The second kappa shape index (κ2) is 9.82. The van der Waals surface area contributed by atoms with Gasteiger partial charge in [0.15, 0.2) is 0 Å². The fraction of sp³-hybridized carbons (Fsp3) is 0.261. The SMILES string of the molecule is COc1ccc(Cc2nccc(I)c2Cc2ccc(OC)cc2OC)c(OC)c1. The summed E-state index contributed by atoms with van der Waals surface area (Å²) in [6.07, 6.45) is 3.23. The smallest absolute Gasteiger partial charge is 0.126 e. The van der Waals surface area contributed by atoms with Crippen molar-refractivity contribution < 1.29 is 18.9 Å². The Kier molecular flexibility index (Phi) is 7.19. The van der Waals surface area contributed by atoms with Crippen LogP contribution in [0.2, 0.25) is 0 Å². The molecule has 152 valence electrons. The van der Waals surface area contributed by atoms with Crippen molar-refractivity contribution >= 4 is 22.6 Å². The number of hydrogen-bond acceptors (Lipinski definition) is 5. The summed E-state index contributed by atoms with van der Waals surface area (Å²) < 4.78 is 22.9. The van der Waals surface area contributed by atoms with E-state index in [-0.39, 0.29) is 0 Å². The predicted octanol–water partition coefficient (Wildman–Crippen LogP) is 4.90. The number of rotatable bonds is 8. The Morgan fingerprint density at radius 2 is 1.28 bits per heavy atom. The Labute approximate surface area is 185 Å². The Bertz CT molecular complexity index is 991. The van der Waals surface area contributed by atoms with Crippen LogP contribution in [0.25, 0.3) is 0 Å². The highest BCUT2D eigenvalue weighted by Gasteiger charge is 2.15. The summed E-state index contributed by atoms with van der Waals surface area (Å²) in [6.45, 7) is 0. The molecule has 0 fully saturated rings. The van der Waals surface area contributed by atoms with Crippen LogP contribution in [0.1, 0.15) is 22.4 Å². The first-order chi connectivity index (χ1) is 14.1. The van der Waals surface area contributed by atoms with Gasteiger partial charge >= 0.3 is 0 Å². The van der Waals surface area contributed by atoms with Gasteiger partial charge in [-0.2, -0.15) is 0 Å². The lowest BCUT2D eigenvalue weighted by atomic mass is 9.98. The molecule has 0 radical (unpaired) electrons. The van der Waals surface area contributed by atoms with Crippen LogP contribution in [0.15, 0.2) is 48.7 Å². The number of pyridine rings is 1. The van der Waals surface area contributed by atoms with Gasteiger partial charge in [0.2, 0.25) is 0 Å². The third-order valence-corrected chi connectivity index (χ3v) is 5.81. The molecule has 2 aromatic carbocycles. The lowest BCUT2D eigenvalue weighted by Gasteiger charge is -2.15. The first-order valence-electron chi connectivity index (χ1n) is 9.13. The average molecular weight is 505 g/mol. The van der Waals surface area contributed by atoms with Crippen molar-refractivity contribution in [3.8, 4) is 23.0 Å². The largest absolute Gasteiger partial charge is 0.497 e. The van der Waals surface area contributed by atoms with Crippen LogP contribution in [0.3, 0.4) is 0 Å². The second-order valence-corrected chi connectivity index (χ2v) is 7.59. The zero-order valence-corrected chi connectivity index (χ0v) is 19.1. The van der Waals surface area contributed by atoms with E-state index >= 15 is 0 Å². The Balaban J connectivity index is 1.97. The molecule has 0 aliphatic rings. The number of methoxy groups -OCH3 is 4. The van der Waals surface area contributed by atoms with Crippen molar-refractivity contribution in [2.45, 2.75) is 12.8 Å². The maximum atomic E-state index is 5.58. The van der Waals surface area contributed by atoms with Crippen LogP contribution in [0.5, 0.6) is 23.0 Å². The summed E-state index contributed by atoms with van der Waals surface area (Å²) in [4.78, 5) is 4.68. The molecular weight excluding hydrogens is 481 g/mol. The maximum absolute atomic E-state index is 5.58. The molecule has 0 bridgehead atoms. The summed E-state index contributed by atoms with van der Waals surface area (Å²) >= 11 is 2.37. The van der Waals surface area contributed by atoms with E-state index in [1.165, 1.54) is 5.56 Å². The molecule has 1 aromatic heterocycles. The monoisotopic (exact) mass is 505 g/mol. The number of nitrogens with zero attached hydrogens (tertiary/aromatic N) is 1. The third-order valence-electron chi connectivity index (χ3n) is 4.80. The zero-order valence-electron chi connectivity index (χ0n) is 17.0. The molecule has 0 N–H and O–H groups in total. The van der Waals surface area contributed by atoms with Gasteiger partial charge in [0.25, 0.3) is 0 Å². The van der Waals surface area contributed by atoms with Gasteiger partial charge in [-0.05, 0) is 51.9 Å². The molecule has 29 heavy (non-hydrogen) atoms. The lowest BCUT2D eigenvalue weighted by molar-refractivity contribution is 0.391. The van der Waals surface area contributed by atoms with Gasteiger partial charge in [-0.15, -0.1) is 0 Å². The van der Waals surface area contributed by atoms with E-state index in [0.29, 0.717) is 12.8 Å². The average Bonchev–Trinajstić information content (AvgIpc) is 2.76. The van der Waals surface area contributed by atoms with Gasteiger partial charge in [0.1, 0.15) is 23.0 Å². The molecule has 0 saturated heterocycles. The molecular formula is C23H24INO4. The van der Waals surface area contributed by atoms with Crippen LogP contribution < -0.4 is 18.9 Å². The first kappa shape index (κ1) is 21.2. The highest BCUT2D eigenvalue weighted by atomic mass is 127. The van der Waals surface area contributed by atoms with Gasteiger partial charge in [-0.1, -0.05) is 12.1 Å². The van der Waals surface area contributed by atoms with E-state index < -0.39 is 0 Å². The fourth-order valence-electron chi connectivity index (χ4n) is 3.21. The highest BCUT2D eigenvalue weighted by molar-refractivity contribution is 14.1. The number of aromatic nitrogens is 1. The molecule has 1 heterocycles.